The van der Waals surface area contributed by atoms with Gasteiger partial charge >= 0.3 is 0 Å². The van der Waals surface area contributed by atoms with E-state index in [9.17, 15) is 0 Å². The minimum absolute atomic E-state index is 0.609. The van der Waals surface area contributed by atoms with Crippen molar-refractivity contribution in [2.75, 3.05) is 0 Å². The van der Waals surface area contributed by atoms with E-state index < -0.39 is 0 Å². The molecule has 6 nitrogen and oxygen atoms in total. The van der Waals surface area contributed by atoms with E-state index in [-0.39, 0.29) is 0 Å². The number of hydrogen-bond donors (Lipinski definition) is 0. The zero-order chi connectivity index (χ0) is 16.0. The Morgan fingerprint density at radius 2 is 1.78 bits per heavy atom. The van der Waals surface area contributed by atoms with Crippen molar-refractivity contribution in [1.82, 2.24) is 25.0 Å². The van der Waals surface area contributed by atoms with Crippen LogP contribution >= 0.6 is 0 Å². The Morgan fingerprint density at radius 3 is 2.61 bits per heavy atom. The van der Waals surface area contributed by atoms with Crippen LogP contribution in [0.1, 0.15) is 11.6 Å². The van der Waals surface area contributed by atoms with Gasteiger partial charge in [-0.3, -0.25) is 0 Å². The van der Waals surface area contributed by atoms with Crippen molar-refractivity contribution < 1.29 is 4.42 Å². The first-order valence-electron chi connectivity index (χ1n) is 7.33. The number of hydrogen-bond acceptors (Lipinski definition) is 5. The molecule has 3 heterocycles. The molecule has 0 aliphatic rings. The first-order valence-corrected chi connectivity index (χ1v) is 7.33. The fraction of sp³-hybridized carbons (Fsp3) is 0.176. The van der Waals surface area contributed by atoms with Crippen LogP contribution in [0.4, 0.5) is 0 Å². The summed E-state index contributed by atoms with van der Waals surface area (Å²) in [7, 11) is 1.81. The lowest BCUT2D eigenvalue weighted by Crippen LogP contribution is -1.90. The van der Waals surface area contributed by atoms with Crippen LogP contribution in [0.5, 0.6) is 0 Å². The Labute approximate surface area is 132 Å². The lowest BCUT2D eigenvalue weighted by Gasteiger charge is -2.02. The summed E-state index contributed by atoms with van der Waals surface area (Å²) in [4.78, 5) is 10.6. The van der Waals surface area contributed by atoms with Gasteiger partial charge in [-0.25, -0.2) is 9.97 Å². The third-order valence-corrected chi connectivity index (χ3v) is 3.61. The van der Waals surface area contributed by atoms with E-state index in [1.165, 1.54) is 0 Å². The molecule has 0 fully saturated rings. The molecule has 0 bridgehead atoms. The summed E-state index contributed by atoms with van der Waals surface area (Å²) in [6, 6.07) is 11.7. The average Bonchev–Trinajstić information content (AvgIpc) is 3.08. The van der Waals surface area contributed by atoms with Gasteiger partial charge in [0.1, 0.15) is 22.4 Å². The molecule has 0 aliphatic heterocycles. The second-order valence-electron chi connectivity index (χ2n) is 5.47. The van der Waals surface area contributed by atoms with Crippen LogP contribution < -0.4 is 0 Å². The highest BCUT2D eigenvalue weighted by Gasteiger charge is 2.17. The number of benzene rings is 1. The standard InChI is InChI=1S/C17H15N5O/c1-10-5-4-6-14(18-10)17-16(19-11(2)23-17)12-7-8-13-15(9-12)21-22(3)20-13/h4-9H,1-3H3. The van der Waals surface area contributed by atoms with Gasteiger partial charge in [-0.15, -0.1) is 0 Å². The Balaban J connectivity index is 1.90. The average molecular weight is 305 g/mol. The van der Waals surface area contributed by atoms with Crippen molar-refractivity contribution >= 4 is 11.0 Å². The predicted octanol–water partition coefficient (Wildman–Crippen LogP) is 3.30. The molecular weight excluding hydrogens is 290 g/mol. The zero-order valence-electron chi connectivity index (χ0n) is 13.1. The van der Waals surface area contributed by atoms with Gasteiger partial charge in [0, 0.05) is 25.2 Å². The van der Waals surface area contributed by atoms with E-state index in [0.717, 1.165) is 33.7 Å². The maximum absolute atomic E-state index is 5.81. The Morgan fingerprint density at radius 1 is 0.957 bits per heavy atom. The maximum atomic E-state index is 5.81. The molecule has 0 amide bonds. The van der Waals surface area contributed by atoms with Crippen molar-refractivity contribution in [3.05, 3.63) is 48.0 Å². The molecular formula is C17H15N5O. The molecule has 3 aromatic heterocycles. The third-order valence-electron chi connectivity index (χ3n) is 3.61. The van der Waals surface area contributed by atoms with Crippen molar-refractivity contribution in [3.8, 4) is 22.7 Å². The van der Waals surface area contributed by atoms with Crippen LogP contribution in [0, 0.1) is 13.8 Å². The van der Waals surface area contributed by atoms with Crippen LogP contribution in [0.15, 0.2) is 40.8 Å². The summed E-state index contributed by atoms with van der Waals surface area (Å²) >= 11 is 0. The van der Waals surface area contributed by atoms with Crippen LogP contribution in [-0.4, -0.2) is 25.0 Å². The van der Waals surface area contributed by atoms with E-state index in [0.29, 0.717) is 11.7 Å². The maximum Gasteiger partial charge on any atom is 0.192 e. The highest BCUT2D eigenvalue weighted by Crippen LogP contribution is 2.32. The largest absolute Gasteiger partial charge is 0.439 e. The van der Waals surface area contributed by atoms with E-state index >= 15 is 0 Å². The number of aryl methyl sites for hydroxylation is 3. The monoisotopic (exact) mass is 305 g/mol. The van der Waals surface area contributed by atoms with Gasteiger partial charge in [-0.2, -0.15) is 15.0 Å². The van der Waals surface area contributed by atoms with Gasteiger partial charge in [0.05, 0.1) is 0 Å². The molecule has 0 aliphatic carbocycles. The van der Waals surface area contributed by atoms with E-state index in [1.54, 1.807) is 4.80 Å². The topological polar surface area (TPSA) is 69.6 Å². The van der Waals surface area contributed by atoms with Gasteiger partial charge in [0.25, 0.3) is 0 Å². The van der Waals surface area contributed by atoms with Crippen molar-refractivity contribution in [1.29, 1.82) is 0 Å². The van der Waals surface area contributed by atoms with Crippen LogP contribution in [0.3, 0.4) is 0 Å². The van der Waals surface area contributed by atoms with Crippen LogP contribution in [0.2, 0.25) is 0 Å². The zero-order valence-corrected chi connectivity index (χ0v) is 13.1. The van der Waals surface area contributed by atoms with Gasteiger partial charge in [-0.1, -0.05) is 12.1 Å². The third kappa shape index (κ3) is 2.38. The molecule has 114 valence electrons. The Hall–Kier alpha value is -3.02. The van der Waals surface area contributed by atoms with Gasteiger partial charge in [0.2, 0.25) is 0 Å². The molecule has 1 aromatic carbocycles. The number of nitrogens with zero attached hydrogens (tertiary/aromatic N) is 5. The summed E-state index contributed by atoms with van der Waals surface area (Å²) in [5.74, 6) is 1.28. The van der Waals surface area contributed by atoms with Crippen molar-refractivity contribution in [2.45, 2.75) is 13.8 Å². The number of aromatic nitrogens is 5. The van der Waals surface area contributed by atoms with Gasteiger partial charge < -0.3 is 4.42 Å². The fourth-order valence-electron chi connectivity index (χ4n) is 2.64. The number of rotatable bonds is 2. The Bertz CT molecular complexity index is 1010. The highest BCUT2D eigenvalue weighted by atomic mass is 16.4. The predicted molar refractivity (Wildman–Crippen MR) is 86.7 cm³/mol. The summed E-state index contributed by atoms with van der Waals surface area (Å²) < 4.78 is 5.81. The first-order chi connectivity index (χ1) is 11.1. The summed E-state index contributed by atoms with van der Waals surface area (Å²) in [6.45, 7) is 3.79. The molecule has 0 radical (unpaired) electrons. The molecule has 0 spiro atoms. The molecule has 0 saturated heterocycles. The van der Waals surface area contributed by atoms with Crippen LogP contribution in [0.25, 0.3) is 33.7 Å². The lowest BCUT2D eigenvalue weighted by molar-refractivity contribution is 0.532. The summed E-state index contributed by atoms with van der Waals surface area (Å²) in [5.41, 5.74) is 5.11. The normalized spacial score (nSPS) is 11.3. The van der Waals surface area contributed by atoms with Crippen LogP contribution in [-0.2, 0) is 7.05 Å². The molecule has 4 aromatic rings. The molecule has 6 heteroatoms. The molecule has 0 atom stereocenters. The Kier molecular flexibility index (Phi) is 2.97. The molecule has 0 N–H and O–H groups in total. The smallest absolute Gasteiger partial charge is 0.192 e. The highest BCUT2D eigenvalue weighted by molar-refractivity contribution is 5.83. The second kappa shape index (κ2) is 5.01. The number of oxazole rings is 1. The SMILES string of the molecule is Cc1cccc(-c2oc(C)nc2-c2ccc3nn(C)nc3c2)n1. The fourth-order valence-corrected chi connectivity index (χ4v) is 2.64. The second-order valence-corrected chi connectivity index (χ2v) is 5.47. The van der Waals surface area contributed by atoms with E-state index in [4.69, 9.17) is 4.42 Å². The summed E-state index contributed by atoms with van der Waals surface area (Å²) in [5, 5.41) is 8.65. The first kappa shape index (κ1) is 13.6. The molecule has 0 unspecified atom stereocenters. The minimum atomic E-state index is 0.609. The molecule has 4 rings (SSSR count). The number of fused-ring (bicyclic) bond motifs is 1. The summed E-state index contributed by atoms with van der Waals surface area (Å²) in [6.07, 6.45) is 0. The van der Waals surface area contributed by atoms with E-state index in [2.05, 4.69) is 20.2 Å². The number of pyridine rings is 1. The quantitative estimate of drug-likeness (QED) is 0.568. The van der Waals surface area contributed by atoms with E-state index in [1.807, 2.05) is 57.3 Å². The van der Waals surface area contributed by atoms with Gasteiger partial charge in [0.15, 0.2) is 11.7 Å². The molecule has 23 heavy (non-hydrogen) atoms. The van der Waals surface area contributed by atoms with Crippen molar-refractivity contribution in [3.63, 3.8) is 0 Å². The van der Waals surface area contributed by atoms with Gasteiger partial charge in [-0.05, 0) is 31.2 Å². The lowest BCUT2D eigenvalue weighted by atomic mass is 10.1. The minimum Gasteiger partial charge on any atom is -0.439 e. The molecule has 0 saturated carbocycles. The van der Waals surface area contributed by atoms with Crippen molar-refractivity contribution in [2.24, 2.45) is 7.05 Å².